The number of imide groups is 1. The highest BCUT2D eigenvalue weighted by Crippen LogP contribution is 2.38. The Kier molecular flexibility index (Phi) is 5.96. The van der Waals surface area contributed by atoms with Gasteiger partial charge in [0.1, 0.15) is 18.8 Å². The summed E-state index contributed by atoms with van der Waals surface area (Å²) in [6.07, 6.45) is -0.212. The third-order valence-electron chi connectivity index (χ3n) is 4.25. The van der Waals surface area contributed by atoms with Crippen molar-refractivity contribution in [1.29, 1.82) is 0 Å². The van der Waals surface area contributed by atoms with E-state index >= 15 is 0 Å². The molecule has 0 atom stereocenters. The maximum atomic E-state index is 12.1. The van der Waals surface area contributed by atoms with E-state index in [1.165, 1.54) is 0 Å². The molecule has 0 radical (unpaired) electrons. The number of rotatable bonds is 6. The molecule has 0 bridgehead atoms. The lowest BCUT2D eigenvalue weighted by Crippen LogP contribution is -2.40. The van der Waals surface area contributed by atoms with Gasteiger partial charge in [-0.1, -0.05) is 0 Å². The van der Waals surface area contributed by atoms with E-state index in [9.17, 15) is 19.2 Å². The van der Waals surface area contributed by atoms with Gasteiger partial charge in [0.2, 0.25) is 0 Å². The van der Waals surface area contributed by atoms with Crippen LogP contribution in [0.25, 0.3) is 0 Å². The van der Waals surface area contributed by atoms with Crippen molar-refractivity contribution >= 4 is 45.4 Å². The van der Waals surface area contributed by atoms with Gasteiger partial charge in [-0.2, -0.15) is 0 Å². The zero-order valence-electron chi connectivity index (χ0n) is 15.9. The van der Waals surface area contributed by atoms with Crippen LogP contribution in [0.4, 0.5) is 10.5 Å². The second-order valence-corrected chi connectivity index (χ2v) is 7.80. The highest BCUT2D eigenvalue weighted by atomic mass is 79.9. The maximum absolute atomic E-state index is 12.1. The van der Waals surface area contributed by atoms with Crippen molar-refractivity contribution in [3.8, 4) is 11.5 Å². The zero-order chi connectivity index (χ0) is 21.2. The highest BCUT2D eigenvalue weighted by Gasteiger charge is 2.44. The number of anilines is 1. The van der Waals surface area contributed by atoms with Crippen LogP contribution in [0.1, 0.15) is 20.3 Å². The average Bonchev–Trinajstić information content (AvgIpc) is 2.86. The molecule has 2 heterocycles. The minimum Gasteiger partial charge on any atom is -0.486 e. The number of hydrogen-bond donors (Lipinski definition) is 2. The lowest BCUT2D eigenvalue weighted by molar-refractivity contribution is -0.147. The van der Waals surface area contributed by atoms with Crippen LogP contribution in [-0.4, -0.2) is 60.6 Å². The molecule has 0 aliphatic carbocycles. The van der Waals surface area contributed by atoms with Gasteiger partial charge in [-0.05, 0) is 29.8 Å². The maximum Gasteiger partial charge on any atom is 0.325 e. The Morgan fingerprint density at radius 2 is 1.90 bits per heavy atom. The Balaban J connectivity index is 1.47. The van der Waals surface area contributed by atoms with E-state index < -0.39 is 36.0 Å². The van der Waals surface area contributed by atoms with Crippen molar-refractivity contribution in [3.63, 3.8) is 0 Å². The quantitative estimate of drug-likeness (QED) is 0.476. The summed E-state index contributed by atoms with van der Waals surface area (Å²) in [6, 6.07) is 2.72. The molecule has 2 aliphatic heterocycles. The molecule has 1 fully saturated rings. The van der Waals surface area contributed by atoms with Crippen LogP contribution in [0.5, 0.6) is 11.5 Å². The number of nitrogens with zero attached hydrogens (tertiary/aromatic N) is 1. The summed E-state index contributed by atoms with van der Waals surface area (Å²) in [4.78, 5) is 48.7. The van der Waals surface area contributed by atoms with E-state index in [1.54, 1.807) is 26.0 Å². The van der Waals surface area contributed by atoms with E-state index in [0.717, 1.165) is 4.90 Å². The molecule has 0 spiro atoms. The molecule has 0 aromatic heterocycles. The summed E-state index contributed by atoms with van der Waals surface area (Å²) in [5, 5.41) is 5.13. The van der Waals surface area contributed by atoms with Crippen molar-refractivity contribution in [2.75, 3.05) is 31.7 Å². The number of esters is 1. The lowest BCUT2D eigenvalue weighted by Gasteiger charge is -2.20. The molecule has 4 amide bonds. The predicted molar refractivity (Wildman–Crippen MR) is 104 cm³/mol. The van der Waals surface area contributed by atoms with Gasteiger partial charge in [-0.25, -0.2) is 4.79 Å². The molecule has 2 N–H and O–H groups in total. The summed E-state index contributed by atoms with van der Waals surface area (Å²) in [5.41, 5.74) is -0.561. The molecule has 1 aromatic carbocycles. The Hall–Kier alpha value is -2.82. The second kappa shape index (κ2) is 8.27. The first kappa shape index (κ1) is 20.9. The smallest absolute Gasteiger partial charge is 0.325 e. The molecule has 0 saturated carbocycles. The van der Waals surface area contributed by atoms with E-state index in [-0.39, 0.29) is 13.0 Å². The highest BCUT2D eigenvalue weighted by molar-refractivity contribution is 9.10. The molecule has 1 saturated heterocycles. The van der Waals surface area contributed by atoms with Gasteiger partial charge in [-0.15, -0.1) is 0 Å². The summed E-state index contributed by atoms with van der Waals surface area (Å²) in [6.45, 7) is 3.38. The summed E-state index contributed by atoms with van der Waals surface area (Å²) >= 11 is 3.33. The van der Waals surface area contributed by atoms with E-state index in [2.05, 4.69) is 26.6 Å². The van der Waals surface area contributed by atoms with Crippen molar-refractivity contribution in [3.05, 3.63) is 16.6 Å². The van der Waals surface area contributed by atoms with Gasteiger partial charge >= 0.3 is 12.0 Å². The van der Waals surface area contributed by atoms with E-state index in [4.69, 9.17) is 14.2 Å². The van der Waals surface area contributed by atoms with Crippen molar-refractivity contribution in [2.24, 2.45) is 0 Å². The van der Waals surface area contributed by atoms with Gasteiger partial charge in [0.05, 0.1) is 12.1 Å². The monoisotopic (exact) mass is 469 g/mol. The number of benzene rings is 1. The summed E-state index contributed by atoms with van der Waals surface area (Å²) < 4.78 is 16.4. The van der Waals surface area contributed by atoms with Gasteiger partial charge in [0, 0.05) is 23.2 Å². The standard InChI is InChI=1S/C18H20BrN3O7/c1-18(2)16(25)22(17(26)21-18)4-3-15(24)29-9-14(23)20-11-8-13-12(7-10(11)19)27-5-6-28-13/h7-8H,3-6,9H2,1-2H3,(H,20,23)(H,21,26). The molecule has 10 nitrogen and oxygen atoms in total. The first-order valence-electron chi connectivity index (χ1n) is 8.86. The summed E-state index contributed by atoms with van der Waals surface area (Å²) in [7, 11) is 0. The molecular weight excluding hydrogens is 450 g/mol. The molecule has 0 unspecified atom stereocenters. The van der Waals surface area contributed by atoms with Gasteiger partial charge in [0.25, 0.3) is 11.8 Å². The third kappa shape index (κ3) is 4.78. The number of amides is 4. The second-order valence-electron chi connectivity index (χ2n) is 6.95. The SMILES string of the molecule is CC1(C)NC(=O)N(CCC(=O)OCC(=O)Nc2cc3c(cc2Br)OCCO3)C1=O. The van der Waals surface area contributed by atoms with Crippen LogP contribution in [0.3, 0.4) is 0 Å². The predicted octanol–water partition coefficient (Wildman–Crippen LogP) is 1.42. The fourth-order valence-electron chi connectivity index (χ4n) is 2.79. The number of urea groups is 1. The molecule has 29 heavy (non-hydrogen) atoms. The lowest BCUT2D eigenvalue weighted by atomic mass is 10.1. The largest absolute Gasteiger partial charge is 0.486 e. The fourth-order valence-corrected chi connectivity index (χ4v) is 3.21. The van der Waals surface area contributed by atoms with Crippen LogP contribution in [0.15, 0.2) is 16.6 Å². The van der Waals surface area contributed by atoms with Gasteiger partial charge in [0.15, 0.2) is 18.1 Å². The molecule has 11 heteroatoms. The molecule has 3 rings (SSSR count). The Morgan fingerprint density at radius 1 is 1.24 bits per heavy atom. The van der Waals surface area contributed by atoms with Crippen molar-refractivity contribution in [1.82, 2.24) is 10.2 Å². The number of carbonyl (C=O) groups excluding carboxylic acids is 4. The van der Waals surface area contributed by atoms with Gasteiger partial charge < -0.3 is 24.8 Å². The number of hydrogen-bond acceptors (Lipinski definition) is 7. The molecular formula is C18H20BrN3O7. The number of ether oxygens (including phenoxy) is 3. The molecule has 156 valence electrons. The zero-order valence-corrected chi connectivity index (χ0v) is 17.5. The number of halogens is 1. The Labute approximate surface area is 175 Å². The third-order valence-corrected chi connectivity index (χ3v) is 4.91. The van der Waals surface area contributed by atoms with Crippen molar-refractivity contribution in [2.45, 2.75) is 25.8 Å². The van der Waals surface area contributed by atoms with E-state index in [1.807, 2.05) is 0 Å². The average molecular weight is 470 g/mol. The Morgan fingerprint density at radius 3 is 2.52 bits per heavy atom. The minimum atomic E-state index is -1.00. The normalized spacial score (nSPS) is 17.0. The number of fused-ring (bicyclic) bond motifs is 1. The first-order valence-corrected chi connectivity index (χ1v) is 9.65. The van der Waals surface area contributed by atoms with E-state index in [0.29, 0.717) is 34.9 Å². The van der Waals surface area contributed by atoms with Crippen LogP contribution >= 0.6 is 15.9 Å². The van der Waals surface area contributed by atoms with Crippen LogP contribution in [0, 0.1) is 0 Å². The van der Waals surface area contributed by atoms with Crippen LogP contribution in [0.2, 0.25) is 0 Å². The minimum absolute atomic E-state index is 0.123. The van der Waals surface area contributed by atoms with Crippen LogP contribution < -0.4 is 20.1 Å². The van der Waals surface area contributed by atoms with Crippen molar-refractivity contribution < 1.29 is 33.4 Å². The number of carbonyl (C=O) groups is 4. The van der Waals surface area contributed by atoms with Crippen LogP contribution in [-0.2, 0) is 19.1 Å². The summed E-state index contributed by atoms with van der Waals surface area (Å²) in [5.74, 6) is -0.602. The number of nitrogens with one attached hydrogen (secondary N) is 2. The topological polar surface area (TPSA) is 123 Å². The fraction of sp³-hybridized carbons (Fsp3) is 0.444. The molecule has 1 aromatic rings. The first-order chi connectivity index (χ1) is 13.7. The van der Waals surface area contributed by atoms with Gasteiger partial charge in [-0.3, -0.25) is 19.3 Å². The molecule has 2 aliphatic rings. The Bertz CT molecular complexity index is 871.